The highest BCUT2D eigenvalue weighted by Crippen LogP contribution is 2.45. The van der Waals surface area contributed by atoms with Crippen molar-refractivity contribution in [2.24, 2.45) is 0 Å². The lowest BCUT2D eigenvalue weighted by Crippen LogP contribution is -2.50. The standard InChI is InChI=1S/C46H70N2O4/c1-9-13-17-21-25-33(26-22-18-14-10-2)47-43(49)37-29-36(32(7)8)42-40-38(30-35(31(5)6)41(39(37)40)45(47)51)44(50)48(46(42)52)34(27-23-19-15-11-3)28-24-20-16-12-4/h29-34H,9-28H2,1-8H3. The highest BCUT2D eigenvalue weighted by Gasteiger charge is 2.45. The summed E-state index contributed by atoms with van der Waals surface area (Å²) >= 11 is 0. The van der Waals surface area contributed by atoms with Gasteiger partial charge >= 0.3 is 0 Å². The summed E-state index contributed by atoms with van der Waals surface area (Å²) in [5.41, 5.74) is 3.62. The van der Waals surface area contributed by atoms with Crippen LogP contribution in [0, 0.1) is 0 Å². The van der Waals surface area contributed by atoms with Crippen LogP contribution in [0.15, 0.2) is 12.1 Å². The van der Waals surface area contributed by atoms with E-state index in [1.54, 1.807) is 9.80 Å². The third kappa shape index (κ3) is 9.01. The zero-order valence-corrected chi connectivity index (χ0v) is 34.1. The molecule has 2 heterocycles. The van der Waals surface area contributed by atoms with E-state index in [-0.39, 0.29) is 47.5 Å². The Morgan fingerprint density at radius 2 is 0.712 bits per heavy atom. The topological polar surface area (TPSA) is 74.8 Å². The first-order valence-electron chi connectivity index (χ1n) is 21.5. The largest absolute Gasteiger partial charge is 0.271 e. The highest BCUT2D eigenvalue weighted by atomic mass is 16.2. The van der Waals surface area contributed by atoms with Crippen molar-refractivity contribution < 1.29 is 19.2 Å². The number of imide groups is 2. The van der Waals surface area contributed by atoms with Gasteiger partial charge in [-0.2, -0.15) is 0 Å². The van der Waals surface area contributed by atoms with Crippen molar-refractivity contribution in [2.75, 3.05) is 0 Å². The van der Waals surface area contributed by atoms with Crippen LogP contribution in [0.25, 0.3) is 10.8 Å². The van der Waals surface area contributed by atoms with E-state index in [4.69, 9.17) is 0 Å². The Morgan fingerprint density at radius 3 is 0.962 bits per heavy atom. The van der Waals surface area contributed by atoms with Crippen LogP contribution in [0.3, 0.4) is 0 Å². The van der Waals surface area contributed by atoms with E-state index < -0.39 is 0 Å². The molecule has 2 aliphatic heterocycles. The van der Waals surface area contributed by atoms with Crippen LogP contribution in [-0.4, -0.2) is 45.5 Å². The first-order chi connectivity index (χ1) is 25.0. The SMILES string of the molecule is CCCCCCC(CCCCCC)N1C(=O)c2cc(C(C)C)c3c4c(cc(C(C)C)c(c24)C1=O)C(=O)N(C(CCCCCC)CCCCCC)C3=O. The van der Waals surface area contributed by atoms with Gasteiger partial charge in [-0.15, -0.1) is 0 Å². The monoisotopic (exact) mass is 715 g/mol. The van der Waals surface area contributed by atoms with E-state index in [9.17, 15) is 19.2 Å². The van der Waals surface area contributed by atoms with Gasteiger partial charge < -0.3 is 0 Å². The molecule has 0 radical (unpaired) electrons. The van der Waals surface area contributed by atoms with E-state index in [2.05, 4.69) is 55.4 Å². The normalized spacial score (nSPS) is 14.5. The number of carbonyl (C=O) groups excluding carboxylic acids is 4. The molecular weight excluding hydrogens is 645 g/mol. The molecule has 4 rings (SSSR count). The van der Waals surface area contributed by atoms with Gasteiger partial charge in [0, 0.05) is 34.0 Å². The van der Waals surface area contributed by atoms with Crippen LogP contribution in [0.5, 0.6) is 0 Å². The molecule has 0 unspecified atom stereocenters. The van der Waals surface area contributed by atoms with Gasteiger partial charge in [0.1, 0.15) is 0 Å². The average molecular weight is 715 g/mol. The fourth-order valence-corrected chi connectivity index (χ4v) is 8.77. The summed E-state index contributed by atoms with van der Waals surface area (Å²) in [6.07, 6.45) is 20.6. The molecule has 2 aromatic rings. The molecule has 0 atom stereocenters. The number of nitrogens with zero attached hydrogens (tertiary/aromatic N) is 2. The molecule has 2 aliphatic rings. The molecule has 0 saturated heterocycles. The van der Waals surface area contributed by atoms with Gasteiger partial charge in [-0.1, -0.05) is 158 Å². The molecule has 0 N–H and O–H groups in total. The van der Waals surface area contributed by atoms with Crippen LogP contribution in [0.2, 0.25) is 0 Å². The first-order valence-corrected chi connectivity index (χ1v) is 21.5. The maximum atomic E-state index is 14.9. The summed E-state index contributed by atoms with van der Waals surface area (Å²) in [5, 5.41) is 1.07. The fraction of sp³-hybridized carbons (Fsp3) is 0.696. The van der Waals surface area contributed by atoms with E-state index >= 15 is 0 Å². The second-order valence-corrected chi connectivity index (χ2v) is 16.5. The van der Waals surface area contributed by atoms with Gasteiger partial charge in [-0.25, -0.2) is 0 Å². The number of hydrogen-bond acceptors (Lipinski definition) is 4. The lowest BCUT2D eigenvalue weighted by Gasteiger charge is -2.39. The van der Waals surface area contributed by atoms with Crippen molar-refractivity contribution in [3.63, 3.8) is 0 Å². The summed E-state index contributed by atoms with van der Waals surface area (Å²) in [6, 6.07) is 3.50. The minimum absolute atomic E-state index is 0.0546. The van der Waals surface area contributed by atoms with Gasteiger partial charge in [0.2, 0.25) is 0 Å². The molecule has 0 saturated carbocycles. The number of benzene rings is 2. The molecule has 6 nitrogen and oxygen atoms in total. The number of amides is 4. The fourth-order valence-electron chi connectivity index (χ4n) is 8.77. The van der Waals surface area contributed by atoms with Crippen molar-refractivity contribution in [3.8, 4) is 0 Å². The Hall–Kier alpha value is -3.02. The number of carbonyl (C=O) groups is 4. The van der Waals surface area contributed by atoms with Crippen molar-refractivity contribution in [2.45, 2.75) is 208 Å². The quantitative estimate of drug-likeness (QED) is 0.0801. The maximum Gasteiger partial charge on any atom is 0.261 e. The number of hydrogen-bond donors (Lipinski definition) is 0. The molecule has 0 aliphatic carbocycles. The molecule has 0 aromatic heterocycles. The molecule has 52 heavy (non-hydrogen) atoms. The summed E-state index contributed by atoms with van der Waals surface area (Å²) in [5.74, 6) is -1.14. The Morgan fingerprint density at radius 1 is 0.423 bits per heavy atom. The van der Waals surface area contributed by atoms with E-state index in [1.165, 1.54) is 0 Å². The molecule has 288 valence electrons. The van der Waals surface area contributed by atoms with Gasteiger partial charge in [-0.05, 0) is 60.8 Å². The number of unbranched alkanes of at least 4 members (excludes halogenated alkanes) is 12. The van der Waals surface area contributed by atoms with Gasteiger partial charge in [0.05, 0.1) is 11.1 Å². The summed E-state index contributed by atoms with van der Waals surface area (Å²) in [6.45, 7) is 17.1. The van der Waals surface area contributed by atoms with E-state index in [0.29, 0.717) is 33.0 Å². The van der Waals surface area contributed by atoms with Crippen LogP contribution >= 0.6 is 0 Å². The van der Waals surface area contributed by atoms with Crippen molar-refractivity contribution in [1.29, 1.82) is 0 Å². The van der Waals surface area contributed by atoms with Gasteiger partial charge in [0.15, 0.2) is 0 Å². The third-order valence-electron chi connectivity index (χ3n) is 11.8. The number of rotatable bonds is 24. The van der Waals surface area contributed by atoms with E-state index in [0.717, 1.165) is 140 Å². The molecular formula is C46H70N2O4. The van der Waals surface area contributed by atoms with Crippen molar-refractivity contribution in [3.05, 3.63) is 45.5 Å². The lowest BCUT2D eigenvalue weighted by atomic mass is 9.77. The molecule has 0 spiro atoms. The van der Waals surface area contributed by atoms with E-state index in [1.807, 2.05) is 12.1 Å². The van der Waals surface area contributed by atoms with Crippen molar-refractivity contribution in [1.82, 2.24) is 9.80 Å². The van der Waals surface area contributed by atoms with Crippen LogP contribution in [-0.2, 0) is 0 Å². The Bertz CT molecular complexity index is 1420. The molecule has 2 aromatic carbocycles. The second-order valence-electron chi connectivity index (χ2n) is 16.5. The molecule has 6 heteroatoms. The summed E-state index contributed by atoms with van der Waals surface area (Å²) in [7, 11) is 0. The average Bonchev–Trinajstić information content (AvgIpc) is 3.12. The van der Waals surface area contributed by atoms with Crippen LogP contribution in [0.4, 0.5) is 0 Å². The molecule has 0 fully saturated rings. The third-order valence-corrected chi connectivity index (χ3v) is 11.8. The lowest BCUT2D eigenvalue weighted by molar-refractivity contribution is 0.0493. The second kappa shape index (κ2) is 19.9. The van der Waals surface area contributed by atoms with Gasteiger partial charge in [0.25, 0.3) is 23.6 Å². The maximum absolute atomic E-state index is 14.9. The minimum atomic E-state index is -0.263. The van der Waals surface area contributed by atoms with Crippen molar-refractivity contribution >= 4 is 34.4 Å². The summed E-state index contributed by atoms with van der Waals surface area (Å²) in [4.78, 5) is 62.6. The highest BCUT2D eigenvalue weighted by molar-refractivity contribution is 6.34. The zero-order valence-electron chi connectivity index (χ0n) is 34.1. The smallest absolute Gasteiger partial charge is 0.261 e. The Balaban J connectivity index is 1.90. The van der Waals surface area contributed by atoms with Crippen LogP contribution in [0.1, 0.15) is 248 Å². The summed E-state index contributed by atoms with van der Waals surface area (Å²) < 4.78 is 0. The molecule has 0 bridgehead atoms. The molecule has 4 amide bonds. The Labute approximate surface area is 315 Å². The predicted molar refractivity (Wildman–Crippen MR) is 216 cm³/mol. The van der Waals surface area contributed by atoms with Crippen LogP contribution < -0.4 is 0 Å². The van der Waals surface area contributed by atoms with Gasteiger partial charge in [-0.3, -0.25) is 29.0 Å². The predicted octanol–water partition coefficient (Wildman–Crippen LogP) is 12.9. The Kier molecular flexibility index (Phi) is 16.0. The first kappa shape index (κ1) is 41.7. The minimum Gasteiger partial charge on any atom is -0.271 e. The zero-order chi connectivity index (χ0) is 37.9.